The van der Waals surface area contributed by atoms with Crippen LogP contribution in [0.15, 0.2) is 11.1 Å². The standard InChI is InChI=1S/C15H23NO2/c1-15(2,3)11-6-4-5-10(7-8-11)12-9-13(17)16-14(12)18/h11H,4-9H2,1-3H3,(H,16,17,18). The van der Waals surface area contributed by atoms with Gasteiger partial charge in [0.1, 0.15) is 0 Å². The number of allylic oxidation sites excluding steroid dienone is 1. The highest BCUT2D eigenvalue weighted by Crippen LogP contribution is 2.39. The largest absolute Gasteiger partial charge is 0.292 e. The van der Waals surface area contributed by atoms with E-state index in [2.05, 4.69) is 26.1 Å². The molecule has 18 heavy (non-hydrogen) atoms. The van der Waals surface area contributed by atoms with Gasteiger partial charge in [-0.2, -0.15) is 0 Å². The van der Waals surface area contributed by atoms with E-state index in [1.54, 1.807) is 0 Å². The molecule has 2 amide bonds. The molecule has 1 aliphatic heterocycles. The van der Waals surface area contributed by atoms with Gasteiger partial charge < -0.3 is 0 Å². The van der Waals surface area contributed by atoms with E-state index in [9.17, 15) is 9.59 Å². The summed E-state index contributed by atoms with van der Waals surface area (Å²) in [6.07, 6.45) is 5.79. The lowest BCUT2D eigenvalue weighted by Gasteiger charge is -2.29. The van der Waals surface area contributed by atoms with Gasteiger partial charge in [-0.15, -0.1) is 0 Å². The Balaban J connectivity index is 2.12. The van der Waals surface area contributed by atoms with Crippen LogP contribution >= 0.6 is 0 Å². The van der Waals surface area contributed by atoms with E-state index in [1.165, 1.54) is 12.0 Å². The third-order valence-electron chi connectivity index (χ3n) is 4.34. The first-order valence-corrected chi connectivity index (χ1v) is 6.93. The molecule has 1 saturated carbocycles. The summed E-state index contributed by atoms with van der Waals surface area (Å²) in [4.78, 5) is 22.9. The second-order valence-corrected chi connectivity index (χ2v) is 6.63. The van der Waals surface area contributed by atoms with Gasteiger partial charge in [-0.05, 0) is 43.4 Å². The molecule has 3 nitrogen and oxygen atoms in total. The molecule has 3 heteroatoms. The Labute approximate surface area is 109 Å². The first kappa shape index (κ1) is 13.3. The van der Waals surface area contributed by atoms with Crippen molar-refractivity contribution in [3.05, 3.63) is 11.1 Å². The van der Waals surface area contributed by atoms with Gasteiger partial charge >= 0.3 is 0 Å². The quantitative estimate of drug-likeness (QED) is 0.407. The highest BCUT2D eigenvalue weighted by molar-refractivity contribution is 6.13. The van der Waals surface area contributed by atoms with Crippen molar-refractivity contribution in [2.75, 3.05) is 0 Å². The number of hydrogen-bond donors (Lipinski definition) is 1. The second-order valence-electron chi connectivity index (χ2n) is 6.63. The smallest absolute Gasteiger partial charge is 0.254 e. The van der Waals surface area contributed by atoms with E-state index in [4.69, 9.17) is 0 Å². The molecular formula is C15H23NO2. The molecule has 1 unspecified atom stereocenters. The Kier molecular flexibility index (Phi) is 3.60. The molecule has 2 aliphatic rings. The van der Waals surface area contributed by atoms with E-state index in [0.717, 1.165) is 37.2 Å². The molecule has 2 rings (SSSR count). The van der Waals surface area contributed by atoms with Crippen LogP contribution in [0.5, 0.6) is 0 Å². The minimum atomic E-state index is -0.149. The number of carbonyl (C=O) groups excluding carboxylic acids is 2. The molecule has 1 N–H and O–H groups in total. The summed E-state index contributed by atoms with van der Waals surface area (Å²) >= 11 is 0. The van der Waals surface area contributed by atoms with Crippen LogP contribution in [0.4, 0.5) is 0 Å². The van der Waals surface area contributed by atoms with Crippen LogP contribution in [0, 0.1) is 11.3 Å². The van der Waals surface area contributed by atoms with Crippen LogP contribution in [0.1, 0.15) is 59.3 Å². The van der Waals surface area contributed by atoms with Crippen LogP contribution in [-0.2, 0) is 9.59 Å². The Hall–Kier alpha value is -1.12. The Morgan fingerprint density at radius 2 is 1.83 bits per heavy atom. The average molecular weight is 249 g/mol. The van der Waals surface area contributed by atoms with Crippen LogP contribution in [0.2, 0.25) is 0 Å². The summed E-state index contributed by atoms with van der Waals surface area (Å²) in [6.45, 7) is 6.88. The topological polar surface area (TPSA) is 46.2 Å². The lowest BCUT2D eigenvalue weighted by Crippen LogP contribution is -2.20. The maximum Gasteiger partial charge on any atom is 0.254 e. The van der Waals surface area contributed by atoms with Crippen molar-refractivity contribution in [1.29, 1.82) is 0 Å². The Bertz CT molecular complexity index is 401. The highest BCUT2D eigenvalue weighted by Gasteiger charge is 2.30. The molecule has 0 bridgehead atoms. The van der Waals surface area contributed by atoms with Crippen LogP contribution in [-0.4, -0.2) is 11.8 Å². The van der Waals surface area contributed by atoms with Crippen molar-refractivity contribution in [2.45, 2.75) is 59.3 Å². The Morgan fingerprint density at radius 3 is 2.39 bits per heavy atom. The molecule has 0 spiro atoms. The fraction of sp³-hybridized carbons (Fsp3) is 0.733. The number of amides is 2. The van der Waals surface area contributed by atoms with E-state index in [1.807, 2.05) is 0 Å². The van der Waals surface area contributed by atoms with Gasteiger partial charge in [0, 0.05) is 5.57 Å². The van der Waals surface area contributed by atoms with Gasteiger partial charge in [0.2, 0.25) is 5.91 Å². The van der Waals surface area contributed by atoms with Crippen molar-refractivity contribution in [1.82, 2.24) is 5.32 Å². The molecule has 1 heterocycles. The average Bonchev–Trinajstić information content (AvgIpc) is 2.51. The van der Waals surface area contributed by atoms with E-state index in [-0.39, 0.29) is 11.8 Å². The molecule has 1 saturated heterocycles. The number of carbonyl (C=O) groups is 2. The Morgan fingerprint density at radius 1 is 1.11 bits per heavy atom. The summed E-state index contributed by atoms with van der Waals surface area (Å²) in [6, 6.07) is 0. The summed E-state index contributed by atoms with van der Waals surface area (Å²) < 4.78 is 0. The molecule has 0 radical (unpaired) electrons. The van der Waals surface area contributed by atoms with Crippen molar-refractivity contribution in [3.8, 4) is 0 Å². The zero-order chi connectivity index (χ0) is 13.3. The molecule has 1 aliphatic carbocycles. The van der Waals surface area contributed by atoms with Crippen LogP contribution in [0.25, 0.3) is 0 Å². The number of imide groups is 1. The number of rotatable bonds is 0. The van der Waals surface area contributed by atoms with Crippen molar-refractivity contribution < 1.29 is 9.59 Å². The fourth-order valence-electron chi connectivity index (χ4n) is 3.12. The number of hydrogen-bond acceptors (Lipinski definition) is 2. The van der Waals surface area contributed by atoms with Gasteiger partial charge in [-0.25, -0.2) is 0 Å². The van der Waals surface area contributed by atoms with E-state index >= 15 is 0 Å². The summed E-state index contributed by atoms with van der Waals surface area (Å²) in [5, 5.41) is 2.39. The summed E-state index contributed by atoms with van der Waals surface area (Å²) in [5.74, 6) is 0.430. The van der Waals surface area contributed by atoms with Gasteiger partial charge in [0.25, 0.3) is 5.91 Å². The predicted octanol–water partition coefficient (Wildman–Crippen LogP) is 2.96. The molecule has 0 aromatic rings. The minimum Gasteiger partial charge on any atom is -0.292 e. The first-order chi connectivity index (χ1) is 8.38. The fourth-order valence-corrected chi connectivity index (χ4v) is 3.12. The molecule has 0 aromatic heterocycles. The monoisotopic (exact) mass is 249 g/mol. The zero-order valence-corrected chi connectivity index (χ0v) is 11.6. The van der Waals surface area contributed by atoms with Crippen molar-refractivity contribution >= 4 is 11.8 Å². The van der Waals surface area contributed by atoms with E-state index in [0.29, 0.717) is 11.8 Å². The van der Waals surface area contributed by atoms with E-state index < -0.39 is 0 Å². The number of nitrogens with one attached hydrogen (secondary N) is 1. The van der Waals surface area contributed by atoms with Crippen molar-refractivity contribution in [2.24, 2.45) is 11.3 Å². The molecule has 2 fully saturated rings. The maximum atomic E-state index is 11.7. The third kappa shape index (κ3) is 2.82. The van der Waals surface area contributed by atoms with Gasteiger partial charge in [0.15, 0.2) is 0 Å². The van der Waals surface area contributed by atoms with Gasteiger partial charge in [-0.3, -0.25) is 14.9 Å². The predicted molar refractivity (Wildman–Crippen MR) is 70.8 cm³/mol. The lowest BCUT2D eigenvalue weighted by molar-refractivity contribution is -0.124. The molecule has 100 valence electrons. The third-order valence-corrected chi connectivity index (χ3v) is 4.34. The van der Waals surface area contributed by atoms with Gasteiger partial charge in [0.05, 0.1) is 6.42 Å². The second kappa shape index (κ2) is 4.87. The SMILES string of the molecule is CC(C)(C)C1CCCC(=C2CC(=O)NC2=O)CC1. The molecular weight excluding hydrogens is 226 g/mol. The van der Waals surface area contributed by atoms with Crippen LogP contribution in [0.3, 0.4) is 0 Å². The van der Waals surface area contributed by atoms with Crippen LogP contribution < -0.4 is 5.32 Å². The molecule has 0 aromatic carbocycles. The normalized spacial score (nSPS) is 30.3. The molecule has 1 atom stereocenters. The minimum absolute atomic E-state index is 0.140. The summed E-state index contributed by atoms with van der Waals surface area (Å²) in [7, 11) is 0. The lowest BCUT2D eigenvalue weighted by atomic mass is 9.76. The zero-order valence-electron chi connectivity index (χ0n) is 11.6. The van der Waals surface area contributed by atoms with Crippen molar-refractivity contribution in [3.63, 3.8) is 0 Å². The maximum absolute atomic E-state index is 11.7. The first-order valence-electron chi connectivity index (χ1n) is 6.93. The van der Waals surface area contributed by atoms with Gasteiger partial charge in [-0.1, -0.05) is 26.3 Å². The highest BCUT2D eigenvalue weighted by atomic mass is 16.2. The summed E-state index contributed by atoms with van der Waals surface area (Å²) in [5.41, 5.74) is 2.33.